The molecule has 3 N–H and O–H groups in total. The number of allylic oxidation sites excluding steroid dienone is 2. The summed E-state index contributed by atoms with van der Waals surface area (Å²) in [6, 6.07) is 0. The van der Waals surface area contributed by atoms with Crippen LogP contribution in [0.1, 0.15) is 57.8 Å². The molecule has 4 atom stereocenters. The Morgan fingerprint density at radius 1 is 1.04 bits per heavy atom. The predicted molar refractivity (Wildman–Crippen MR) is 101 cm³/mol. The van der Waals surface area contributed by atoms with Crippen LogP contribution in [0.15, 0.2) is 12.2 Å². The zero-order valence-electron chi connectivity index (χ0n) is 16.1. The molecule has 0 aromatic heterocycles. The van der Waals surface area contributed by atoms with E-state index in [1.807, 2.05) is 0 Å². The van der Waals surface area contributed by atoms with Gasteiger partial charge in [0.25, 0.3) is 0 Å². The van der Waals surface area contributed by atoms with Crippen LogP contribution in [-0.4, -0.2) is 48.7 Å². The third-order valence-corrected chi connectivity index (χ3v) is 5.61. The van der Waals surface area contributed by atoms with Crippen molar-refractivity contribution in [1.82, 2.24) is 10.6 Å². The molecule has 27 heavy (non-hydrogen) atoms. The van der Waals surface area contributed by atoms with Crippen LogP contribution in [0.4, 0.5) is 0 Å². The highest BCUT2D eigenvalue weighted by atomic mass is 16.5. The third-order valence-electron chi connectivity index (χ3n) is 5.61. The number of carboxylic acids is 1. The van der Waals surface area contributed by atoms with Crippen molar-refractivity contribution in [2.45, 2.75) is 70.0 Å². The average Bonchev–Trinajstić information content (AvgIpc) is 3.25. The largest absolute Gasteiger partial charge is 0.481 e. The van der Waals surface area contributed by atoms with E-state index in [1.54, 1.807) is 0 Å². The summed E-state index contributed by atoms with van der Waals surface area (Å²) >= 11 is 0. The number of unbranched alkanes of at least 4 members (excludes halogenated alkanes) is 2. The summed E-state index contributed by atoms with van der Waals surface area (Å²) in [7, 11) is 1.44. The Balaban J connectivity index is 1.66. The van der Waals surface area contributed by atoms with Crippen LogP contribution in [0.25, 0.3) is 0 Å². The summed E-state index contributed by atoms with van der Waals surface area (Å²) < 4.78 is 6.11. The lowest BCUT2D eigenvalue weighted by Gasteiger charge is -2.27. The second kappa shape index (κ2) is 11.1. The first kappa shape index (κ1) is 21.4. The number of fused-ring (bicyclic) bond motifs is 2. The molecule has 0 aromatic carbocycles. The number of amides is 2. The first-order chi connectivity index (χ1) is 13.0. The molecule has 0 aliphatic carbocycles. The molecule has 2 amide bonds. The van der Waals surface area contributed by atoms with Gasteiger partial charge in [-0.15, -0.1) is 0 Å². The quantitative estimate of drug-likeness (QED) is 0.289. The lowest BCUT2D eigenvalue weighted by atomic mass is 9.75. The Morgan fingerprint density at radius 3 is 2.48 bits per heavy atom. The highest BCUT2D eigenvalue weighted by Gasteiger charge is 2.47. The summed E-state index contributed by atoms with van der Waals surface area (Å²) in [4.78, 5) is 33.1. The number of aliphatic carboxylic acids is 1. The van der Waals surface area contributed by atoms with Crippen LogP contribution >= 0.6 is 0 Å². The lowest BCUT2D eigenvalue weighted by molar-refractivity contribution is -0.138. The number of nitrogens with one attached hydrogen (secondary N) is 2. The summed E-state index contributed by atoms with van der Waals surface area (Å²) in [6.45, 7) is 0.516. The minimum absolute atomic E-state index is 0.223. The van der Waals surface area contributed by atoms with E-state index in [9.17, 15) is 14.4 Å². The Labute approximate surface area is 160 Å². The topological polar surface area (TPSA) is 105 Å². The van der Waals surface area contributed by atoms with Crippen molar-refractivity contribution in [3.63, 3.8) is 0 Å². The fourth-order valence-electron chi connectivity index (χ4n) is 4.24. The number of ether oxygens (including phenoxy) is 1. The number of carbonyl (C=O) groups is 3. The number of likely N-dealkylation sites (N-methyl/N-ethyl adjacent to an activating group) is 1. The normalized spacial score (nSPS) is 26.4. The summed E-state index contributed by atoms with van der Waals surface area (Å²) in [5.41, 5.74) is 0. The van der Waals surface area contributed by atoms with Gasteiger partial charge in [-0.2, -0.15) is 0 Å². The van der Waals surface area contributed by atoms with Crippen molar-refractivity contribution >= 4 is 17.8 Å². The Hall–Kier alpha value is -1.89. The van der Waals surface area contributed by atoms with Gasteiger partial charge in [-0.25, -0.2) is 0 Å². The van der Waals surface area contributed by atoms with Crippen molar-refractivity contribution < 1.29 is 24.2 Å². The van der Waals surface area contributed by atoms with Crippen LogP contribution in [0.2, 0.25) is 0 Å². The van der Waals surface area contributed by atoms with Gasteiger partial charge in [0, 0.05) is 20.0 Å². The first-order valence-electron chi connectivity index (χ1n) is 10.0. The SMILES string of the molecule is CNC(=O)C(=O)NCCCC[C@H]1[C@@H](CC=CCCCC(=O)O)[C@H]2CC[C@@H]1O2. The number of carboxylic acid groups (broad SMARTS) is 1. The monoisotopic (exact) mass is 380 g/mol. The van der Waals surface area contributed by atoms with E-state index in [1.165, 1.54) is 7.05 Å². The van der Waals surface area contributed by atoms with Gasteiger partial charge >= 0.3 is 17.8 Å². The molecule has 0 spiro atoms. The van der Waals surface area contributed by atoms with E-state index in [0.29, 0.717) is 37.0 Å². The predicted octanol–water partition coefficient (Wildman–Crippen LogP) is 2.01. The van der Waals surface area contributed by atoms with Gasteiger partial charge in [-0.3, -0.25) is 14.4 Å². The van der Waals surface area contributed by atoms with Crippen molar-refractivity contribution in [2.24, 2.45) is 11.8 Å². The molecule has 2 rings (SSSR count). The second-order valence-corrected chi connectivity index (χ2v) is 7.44. The maximum absolute atomic E-state index is 11.4. The molecule has 2 aliphatic heterocycles. The van der Waals surface area contributed by atoms with Crippen molar-refractivity contribution in [1.29, 1.82) is 0 Å². The van der Waals surface area contributed by atoms with E-state index in [4.69, 9.17) is 9.84 Å². The molecule has 152 valence electrons. The van der Waals surface area contributed by atoms with Gasteiger partial charge in [0.15, 0.2) is 0 Å². The molecule has 2 heterocycles. The number of hydrogen-bond donors (Lipinski definition) is 3. The molecule has 0 aromatic rings. The molecule has 7 heteroatoms. The van der Waals surface area contributed by atoms with Crippen molar-refractivity contribution in [3.05, 3.63) is 12.2 Å². The van der Waals surface area contributed by atoms with E-state index < -0.39 is 17.8 Å². The van der Waals surface area contributed by atoms with E-state index >= 15 is 0 Å². The molecule has 0 unspecified atom stereocenters. The molecular weight excluding hydrogens is 348 g/mol. The highest BCUT2D eigenvalue weighted by Crippen LogP contribution is 2.47. The van der Waals surface area contributed by atoms with Gasteiger partial charge in [0.05, 0.1) is 12.2 Å². The van der Waals surface area contributed by atoms with Crippen molar-refractivity contribution in [2.75, 3.05) is 13.6 Å². The van der Waals surface area contributed by atoms with E-state index in [2.05, 4.69) is 22.8 Å². The number of carbonyl (C=O) groups excluding carboxylic acids is 2. The molecular formula is C20H32N2O5. The third kappa shape index (κ3) is 6.65. The summed E-state index contributed by atoms with van der Waals surface area (Å²) in [5, 5.41) is 13.6. The fourth-order valence-corrected chi connectivity index (χ4v) is 4.24. The van der Waals surface area contributed by atoms with Crippen LogP contribution in [0.5, 0.6) is 0 Å². The number of hydrogen-bond acceptors (Lipinski definition) is 4. The zero-order valence-corrected chi connectivity index (χ0v) is 16.1. The molecule has 2 aliphatic rings. The molecule has 2 bridgehead atoms. The molecule has 7 nitrogen and oxygen atoms in total. The molecule has 0 saturated carbocycles. The van der Waals surface area contributed by atoms with Gasteiger partial charge in [0.2, 0.25) is 0 Å². The van der Waals surface area contributed by atoms with Crippen LogP contribution in [-0.2, 0) is 19.1 Å². The van der Waals surface area contributed by atoms with Gasteiger partial charge in [-0.1, -0.05) is 18.6 Å². The van der Waals surface area contributed by atoms with Gasteiger partial charge in [-0.05, 0) is 56.8 Å². The number of rotatable bonds is 11. The molecule has 2 fully saturated rings. The van der Waals surface area contributed by atoms with Gasteiger partial charge < -0.3 is 20.5 Å². The smallest absolute Gasteiger partial charge is 0.309 e. The first-order valence-corrected chi connectivity index (χ1v) is 10.0. The zero-order chi connectivity index (χ0) is 19.6. The fraction of sp³-hybridized carbons (Fsp3) is 0.750. The maximum atomic E-state index is 11.4. The Kier molecular flexibility index (Phi) is 8.78. The average molecular weight is 380 g/mol. The maximum Gasteiger partial charge on any atom is 0.309 e. The van der Waals surface area contributed by atoms with Crippen LogP contribution in [0, 0.1) is 11.8 Å². The Morgan fingerprint density at radius 2 is 1.78 bits per heavy atom. The van der Waals surface area contributed by atoms with Crippen LogP contribution in [0.3, 0.4) is 0 Å². The lowest BCUT2D eigenvalue weighted by Crippen LogP contribution is -2.38. The van der Waals surface area contributed by atoms with Crippen molar-refractivity contribution in [3.8, 4) is 0 Å². The highest BCUT2D eigenvalue weighted by molar-refractivity contribution is 6.34. The van der Waals surface area contributed by atoms with E-state index in [0.717, 1.165) is 44.9 Å². The standard InChI is InChI=1S/C20H32N2O5/c1-21-19(25)20(26)22-13-7-6-9-15-14(16-11-12-17(15)27-16)8-4-2-3-5-10-18(23)24/h2,4,14-17H,3,5-13H2,1H3,(H,21,25)(H,22,26)(H,23,24)/t14-,15+,16-,17+/m1/s1. The Bertz CT molecular complexity index is 548. The van der Waals surface area contributed by atoms with Gasteiger partial charge in [0.1, 0.15) is 0 Å². The minimum Gasteiger partial charge on any atom is -0.481 e. The minimum atomic E-state index is -0.739. The summed E-state index contributed by atoms with van der Waals surface area (Å²) in [5.74, 6) is -0.822. The summed E-state index contributed by atoms with van der Waals surface area (Å²) in [6.07, 6.45) is 12.9. The second-order valence-electron chi connectivity index (χ2n) is 7.44. The van der Waals surface area contributed by atoms with E-state index in [-0.39, 0.29) is 6.42 Å². The van der Waals surface area contributed by atoms with Crippen LogP contribution < -0.4 is 10.6 Å². The molecule has 2 saturated heterocycles. The molecule has 0 radical (unpaired) electrons.